The second-order valence-electron chi connectivity index (χ2n) is 5.76. The van der Waals surface area contributed by atoms with Crippen LogP contribution < -0.4 is 10.9 Å². The molecule has 0 saturated heterocycles. The second-order valence-corrected chi connectivity index (χ2v) is 5.76. The zero-order valence-electron chi connectivity index (χ0n) is 13.8. The maximum absolute atomic E-state index is 12.9. The molecule has 2 heterocycles. The normalized spacial score (nSPS) is 12.0. The van der Waals surface area contributed by atoms with E-state index in [0.29, 0.717) is 11.9 Å². The van der Waals surface area contributed by atoms with Crippen LogP contribution >= 0.6 is 0 Å². The third-order valence-corrected chi connectivity index (χ3v) is 4.14. The fourth-order valence-corrected chi connectivity index (χ4v) is 3.04. The van der Waals surface area contributed by atoms with Gasteiger partial charge in [-0.25, -0.2) is 0 Å². The lowest BCUT2D eigenvalue weighted by molar-refractivity contribution is 0.615. The molecular formula is C18H22N4O. The van der Waals surface area contributed by atoms with Crippen LogP contribution in [0.5, 0.6) is 0 Å². The number of rotatable bonds is 5. The van der Waals surface area contributed by atoms with E-state index in [0.717, 1.165) is 40.6 Å². The van der Waals surface area contributed by atoms with Crippen LogP contribution in [0.2, 0.25) is 0 Å². The monoisotopic (exact) mass is 310 g/mol. The van der Waals surface area contributed by atoms with Crippen molar-refractivity contribution in [2.45, 2.75) is 26.8 Å². The van der Waals surface area contributed by atoms with E-state index in [9.17, 15) is 4.79 Å². The van der Waals surface area contributed by atoms with Crippen molar-refractivity contribution in [1.82, 2.24) is 20.1 Å². The van der Waals surface area contributed by atoms with Crippen molar-refractivity contribution in [3.63, 3.8) is 0 Å². The third-order valence-electron chi connectivity index (χ3n) is 4.14. The summed E-state index contributed by atoms with van der Waals surface area (Å²) in [6, 6.07) is 6.17. The van der Waals surface area contributed by atoms with Crippen molar-refractivity contribution < 1.29 is 0 Å². The van der Waals surface area contributed by atoms with Gasteiger partial charge < -0.3 is 9.88 Å². The van der Waals surface area contributed by atoms with Gasteiger partial charge in [-0.2, -0.15) is 5.10 Å². The molecule has 0 bridgehead atoms. The molecule has 0 aliphatic carbocycles. The van der Waals surface area contributed by atoms with Gasteiger partial charge in [0.15, 0.2) is 0 Å². The molecule has 120 valence electrons. The number of aromatic nitrogens is 3. The minimum absolute atomic E-state index is 0.0358. The highest BCUT2D eigenvalue weighted by molar-refractivity contribution is 6.04. The number of pyridine rings is 1. The lowest BCUT2D eigenvalue weighted by atomic mass is 10.1. The van der Waals surface area contributed by atoms with Crippen LogP contribution in [0.3, 0.4) is 0 Å². The van der Waals surface area contributed by atoms with Crippen LogP contribution in [0.25, 0.3) is 27.9 Å². The number of aryl methyl sites for hydroxylation is 2. The average molecular weight is 310 g/mol. The van der Waals surface area contributed by atoms with E-state index in [1.54, 1.807) is 0 Å². The van der Waals surface area contributed by atoms with E-state index in [1.807, 2.05) is 43.7 Å². The van der Waals surface area contributed by atoms with Crippen LogP contribution in [0, 0.1) is 6.92 Å². The van der Waals surface area contributed by atoms with Gasteiger partial charge in [-0.15, -0.1) is 0 Å². The van der Waals surface area contributed by atoms with Gasteiger partial charge in [-0.05, 0) is 51.6 Å². The van der Waals surface area contributed by atoms with E-state index in [2.05, 4.69) is 27.7 Å². The summed E-state index contributed by atoms with van der Waals surface area (Å²) in [5.74, 6) is 0. The van der Waals surface area contributed by atoms with Crippen LogP contribution in [0.4, 0.5) is 0 Å². The standard InChI is InChI=1S/C18H22N4O/c1-4-6-13-7-8-15-14(11-13)17-16(12(2)20-21-17)18(23)22(15)10-5-9-19-3/h4,6-8,11,19H,5,9-10H2,1-3H3,(H,20,21)/b6-4-. The van der Waals surface area contributed by atoms with E-state index >= 15 is 0 Å². The Bertz CT molecular complexity index is 933. The van der Waals surface area contributed by atoms with Gasteiger partial charge in [0, 0.05) is 17.6 Å². The Hall–Kier alpha value is -2.40. The van der Waals surface area contributed by atoms with Gasteiger partial charge >= 0.3 is 0 Å². The molecule has 5 heteroatoms. The van der Waals surface area contributed by atoms with Crippen molar-refractivity contribution in [1.29, 1.82) is 0 Å². The number of allylic oxidation sites excluding steroid dienone is 1. The number of H-pyrrole nitrogens is 1. The molecule has 0 fully saturated rings. The predicted octanol–water partition coefficient (Wildman–Crippen LogP) is 2.83. The molecule has 3 aromatic rings. The number of hydrogen-bond donors (Lipinski definition) is 2. The summed E-state index contributed by atoms with van der Waals surface area (Å²) < 4.78 is 1.87. The highest BCUT2D eigenvalue weighted by Crippen LogP contribution is 2.24. The summed E-state index contributed by atoms with van der Waals surface area (Å²) in [6.45, 7) is 5.47. The number of aromatic amines is 1. The SMILES string of the molecule is C/C=C\c1ccc2c(c1)c1n[nH]c(C)c1c(=O)n2CCCNC. The van der Waals surface area contributed by atoms with E-state index in [4.69, 9.17) is 0 Å². The summed E-state index contributed by atoms with van der Waals surface area (Å²) in [5, 5.41) is 12.2. The Labute approximate surface area is 135 Å². The zero-order chi connectivity index (χ0) is 16.4. The lowest BCUT2D eigenvalue weighted by Crippen LogP contribution is -2.23. The van der Waals surface area contributed by atoms with Gasteiger partial charge in [0.2, 0.25) is 0 Å². The predicted molar refractivity (Wildman–Crippen MR) is 95.8 cm³/mol. The number of nitrogens with zero attached hydrogens (tertiary/aromatic N) is 2. The Balaban J connectivity index is 2.32. The largest absolute Gasteiger partial charge is 0.320 e. The first-order valence-electron chi connectivity index (χ1n) is 7.96. The fourth-order valence-electron chi connectivity index (χ4n) is 3.04. The van der Waals surface area contributed by atoms with E-state index in [1.165, 1.54) is 0 Å². The topological polar surface area (TPSA) is 62.7 Å². The van der Waals surface area contributed by atoms with Crippen molar-refractivity contribution in [3.8, 4) is 0 Å². The molecule has 5 nitrogen and oxygen atoms in total. The lowest BCUT2D eigenvalue weighted by Gasteiger charge is -2.12. The molecule has 23 heavy (non-hydrogen) atoms. The Morgan fingerprint density at radius 1 is 1.39 bits per heavy atom. The van der Waals surface area contributed by atoms with E-state index in [-0.39, 0.29) is 5.56 Å². The molecule has 0 radical (unpaired) electrons. The smallest absolute Gasteiger partial charge is 0.262 e. The van der Waals surface area contributed by atoms with Crippen molar-refractivity contribution in [3.05, 3.63) is 45.9 Å². The van der Waals surface area contributed by atoms with Crippen molar-refractivity contribution in [2.75, 3.05) is 13.6 Å². The molecule has 0 aliphatic heterocycles. The number of nitrogens with one attached hydrogen (secondary N) is 2. The van der Waals surface area contributed by atoms with Crippen LogP contribution in [0.1, 0.15) is 24.6 Å². The summed E-state index contributed by atoms with van der Waals surface area (Å²) in [6.07, 6.45) is 4.98. The summed E-state index contributed by atoms with van der Waals surface area (Å²) in [5.41, 5.74) is 3.68. The Kier molecular flexibility index (Phi) is 4.30. The molecular weight excluding hydrogens is 288 g/mol. The maximum atomic E-state index is 12.9. The van der Waals surface area contributed by atoms with Crippen LogP contribution in [-0.4, -0.2) is 28.4 Å². The Morgan fingerprint density at radius 2 is 2.22 bits per heavy atom. The fraction of sp³-hybridized carbons (Fsp3) is 0.333. The first-order chi connectivity index (χ1) is 11.2. The van der Waals surface area contributed by atoms with Gasteiger partial charge in [0.1, 0.15) is 5.52 Å². The van der Waals surface area contributed by atoms with E-state index < -0.39 is 0 Å². The highest BCUT2D eigenvalue weighted by atomic mass is 16.1. The molecule has 3 rings (SSSR count). The van der Waals surface area contributed by atoms with Crippen molar-refractivity contribution >= 4 is 27.9 Å². The number of fused-ring (bicyclic) bond motifs is 3. The molecule has 0 saturated carbocycles. The minimum Gasteiger partial charge on any atom is -0.320 e. The number of hydrogen-bond acceptors (Lipinski definition) is 3. The summed E-state index contributed by atoms with van der Waals surface area (Å²) >= 11 is 0. The second kappa shape index (κ2) is 6.38. The molecule has 0 spiro atoms. The van der Waals surface area contributed by atoms with Crippen LogP contribution in [0.15, 0.2) is 29.1 Å². The Morgan fingerprint density at radius 3 is 2.96 bits per heavy atom. The molecule has 2 N–H and O–H groups in total. The van der Waals surface area contributed by atoms with Gasteiger partial charge in [0.05, 0.1) is 10.9 Å². The minimum atomic E-state index is 0.0358. The molecule has 0 atom stereocenters. The summed E-state index contributed by atoms with van der Waals surface area (Å²) in [7, 11) is 1.92. The molecule has 0 unspecified atom stereocenters. The van der Waals surface area contributed by atoms with Gasteiger partial charge in [0.25, 0.3) is 5.56 Å². The third kappa shape index (κ3) is 2.68. The average Bonchev–Trinajstić information content (AvgIpc) is 2.93. The summed E-state index contributed by atoms with van der Waals surface area (Å²) in [4.78, 5) is 12.9. The first-order valence-corrected chi connectivity index (χ1v) is 7.96. The quantitative estimate of drug-likeness (QED) is 0.712. The molecule has 0 aliphatic rings. The number of benzene rings is 1. The van der Waals surface area contributed by atoms with Crippen LogP contribution in [-0.2, 0) is 6.54 Å². The molecule has 2 aromatic heterocycles. The first kappa shape index (κ1) is 15.5. The zero-order valence-corrected chi connectivity index (χ0v) is 13.8. The molecule has 1 aromatic carbocycles. The van der Waals surface area contributed by atoms with Gasteiger partial charge in [-0.3, -0.25) is 9.89 Å². The van der Waals surface area contributed by atoms with Gasteiger partial charge in [-0.1, -0.05) is 18.2 Å². The molecule has 0 amide bonds. The maximum Gasteiger partial charge on any atom is 0.262 e. The van der Waals surface area contributed by atoms with Crippen molar-refractivity contribution in [2.24, 2.45) is 0 Å². The highest BCUT2D eigenvalue weighted by Gasteiger charge is 2.15.